The van der Waals surface area contributed by atoms with Crippen LogP contribution in [0.4, 0.5) is 0 Å². The van der Waals surface area contributed by atoms with Gasteiger partial charge in [-0.2, -0.15) is 0 Å². The second kappa shape index (κ2) is 33.5. The topological polar surface area (TPSA) is 452 Å². The normalized spacial score (nSPS) is 22.0. The molecule has 0 radical (unpaired) electrons. The van der Waals surface area contributed by atoms with Crippen LogP contribution in [-0.4, -0.2) is 165 Å². The minimum atomic E-state index is -1.85. The average Bonchev–Trinajstić information content (AvgIpc) is 3.45. The number of carbonyl (C=O) groups is 12. The fraction of sp³-hybridized carbons (Fsp3) is 0.434. The number of aromatic hydroxyl groups is 1. The van der Waals surface area contributed by atoms with Crippen LogP contribution in [0.3, 0.4) is 0 Å². The number of carbonyl (C=O) groups excluding carboxylic acids is 11. The van der Waals surface area contributed by atoms with Crippen LogP contribution in [0.15, 0.2) is 84.9 Å². The minimum absolute atomic E-state index is 0.00912. The van der Waals surface area contributed by atoms with Crippen molar-refractivity contribution in [1.29, 1.82) is 0 Å². The summed E-state index contributed by atoms with van der Waals surface area (Å²) < 4.78 is 0. The van der Waals surface area contributed by atoms with Crippen LogP contribution in [0.5, 0.6) is 5.75 Å². The zero-order valence-electron chi connectivity index (χ0n) is 44.9. The van der Waals surface area contributed by atoms with E-state index >= 15 is 0 Å². The van der Waals surface area contributed by atoms with Crippen molar-refractivity contribution in [3.63, 3.8) is 0 Å². The summed E-state index contributed by atoms with van der Waals surface area (Å²) in [6.07, 6.45) is -2.37. The Hall–Kier alpha value is -8.28. The quantitative estimate of drug-likeness (QED) is 0.0516. The summed E-state index contributed by atoms with van der Waals surface area (Å²) in [5.41, 5.74) is 18.7. The largest absolute Gasteiger partial charge is 0.508 e. The number of hydrogen-bond acceptors (Lipinski definition) is 17. The molecule has 1 fully saturated rings. The van der Waals surface area contributed by atoms with E-state index in [1.165, 1.54) is 24.3 Å². The highest BCUT2D eigenvalue weighted by Crippen LogP contribution is 2.24. The fourth-order valence-corrected chi connectivity index (χ4v) is 10.3. The van der Waals surface area contributed by atoms with E-state index in [2.05, 4.69) is 47.9 Å². The van der Waals surface area contributed by atoms with Gasteiger partial charge in [-0.15, -0.1) is 0 Å². The van der Waals surface area contributed by atoms with Gasteiger partial charge in [0.2, 0.25) is 65.0 Å². The van der Waals surface area contributed by atoms with Crippen LogP contribution in [0.2, 0.25) is 0 Å². The molecule has 3 aromatic carbocycles. The molecule has 4 rings (SSSR count). The lowest BCUT2D eigenvalue weighted by Gasteiger charge is -2.28. The Morgan fingerprint density at radius 2 is 1.18 bits per heavy atom. The number of hydrogen-bond donors (Lipinski definition) is 15. The number of phenolic OH excluding ortho intramolecular Hbond substituents is 1. The Bertz CT molecular complexity index is 2730. The molecule has 27 nitrogen and oxygen atoms in total. The number of carboxylic acid groups (broad SMARTS) is 1. The maximum atomic E-state index is 14.5. The number of primary amides is 2. The summed E-state index contributed by atoms with van der Waals surface area (Å²) in [5.74, 6) is -13.9. The van der Waals surface area contributed by atoms with Gasteiger partial charge in [-0.1, -0.05) is 108 Å². The van der Waals surface area contributed by atoms with Gasteiger partial charge in [0.15, 0.2) is 0 Å². The molecule has 1 heterocycles. The summed E-state index contributed by atoms with van der Waals surface area (Å²) in [7, 11) is 1.72. The number of aliphatic hydroxyl groups excluding tert-OH is 1. The number of benzene rings is 3. The molecule has 29 heteroatoms. The monoisotopic (exact) mass is 1180 g/mol. The van der Waals surface area contributed by atoms with E-state index < -0.39 is 158 Å². The van der Waals surface area contributed by atoms with Crippen molar-refractivity contribution in [3.8, 4) is 5.75 Å². The summed E-state index contributed by atoms with van der Waals surface area (Å²) in [5, 5.41) is 52.2. The van der Waals surface area contributed by atoms with Crippen LogP contribution in [0.25, 0.3) is 0 Å². The lowest BCUT2D eigenvalue weighted by molar-refractivity contribution is -0.142. The van der Waals surface area contributed by atoms with Gasteiger partial charge in [-0.3, -0.25) is 52.7 Å². The minimum Gasteiger partial charge on any atom is -0.508 e. The number of phenols is 1. The van der Waals surface area contributed by atoms with Crippen LogP contribution in [-0.2, 0) is 76.8 Å². The molecule has 1 aliphatic heterocycles. The van der Waals surface area contributed by atoms with Gasteiger partial charge in [-0.25, -0.2) is 4.79 Å². The van der Waals surface area contributed by atoms with Gasteiger partial charge in [0.25, 0.3) is 0 Å². The Labute approximate surface area is 479 Å². The summed E-state index contributed by atoms with van der Waals surface area (Å²) in [4.78, 5) is 163. The lowest BCUT2D eigenvalue weighted by atomic mass is 10.0. The van der Waals surface area contributed by atoms with Gasteiger partial charge in [-0.05, 0) is 54.0 Å². The predicted molar refractivity (Wildman–Crippen MR) is 300 cm³/mol. The molecule has 0 unspecified atom stereocenters. The first-order valence-corrected chi connectivity index (χ1v) is 28.4. The number of aliphatic hydroxyl groups is 1. The SMILES string of the molecule is CC(C)C[C@@H]1NC(=O)[C@H](Cc2ccccc2)NC(=O)[C@H](CO)NC(=O)CNC(=O)[C@H](CCC(N)=O)NC(=O)[C@H](CC(N)=O)NC(=O)[C@@H](NC(=O)[C@@H](N)Cc2ccccc2)CSSC[C@@H](C(=O)N[C@@H](Cc2ccc(O)cc2)C(=O)O)NC1=O. The molecule has 0 spiro atoms. The summed E-state index contributed by atoms with van der Waals surface area (Å²) >= 11 is 0. The number of aliphatic carboxylic acids is 1. The Balaban J connectivity index is 1.80. The highest BCUT2D eigenvalue weighted by Gasteiger charge is 2.36. The van der Waals surface area contributed by atoms with Gasteiger partial charge < -0.3 is 80.4 Å². The first kappa shape index (κ1) is 66.2. The smallest absolute Gasteiger partial charge is 0.326 e. The van der Waals surface area contributed by atoms with Gasteiger partial charge in [0, 0.05) is 30.8 Å². The predicted octanol–water partition coefficient (Wildman–Crippen LogP) is -3.60. The molecule has 0 aliphatic carbocycles. The molecule has 0 saturated carbocycles. The molecule has 1 saturated heterocycles. The molecule has 18 N–H and O–H groups in total. The van der Waals surface area contributed by atoms with Gasteiger partial charge in [0.05, 0.1) is 25.6 Å². The van der Waals surface area contributed by atoms with Crippen molar-refractivity contribution >= 4 is 92.5 Å². The molecular formula is C53H70N12O15S2. The second-order valence-corrected chi connectivity index (χ2v) is 22.1. The molecule has 82 heavy (non-hydrogen) atoms. The molecular weight excluding hydrogens is 1110 g/mol. The third-order valence-corrected chi connectivity index (χ3v) is 14.7. The molecule has 11 amide bonds. The average molecular weight is 1180 g/mol. The van der Waals surface area contributed by atoms with Crippen molar-refractivity contribution in [3.05, 3.63) is 102 Å². The lowest BCUT2D eigenvalue weighted by Crippen LogP contribution is -2.60. The Kier molecular flexibility index (Phi) is 27.0. The highest BCUT2D eigenvalue weighted by atomic mass is 33.1. The zero-order valence-corrected chi connectivity index (χ0v) is 46.6. The maximum Gasteiger partial charge on any atom is 0.326 e. The number of carboxylic acids is 1. The first-order valence-electron chi connectivity index (χ1n) is 25.9. The van der Waals surface area contributed by atoms with Crippen LogP contribution < -0.4 is 65.1 Å². The Morgan fingerprint density at radius 1 is 0.634 bits per heavy atom. The maximum absolute atomic E-state index is 14.5. The summed E-state index contributed by atoms with van der Waals surface area (Å²) in [6, 6.07) is 8.22. The number of nitrogens with one attached hydrogen (secondary N) is 9. The van der Waals surface area contributed by atoms with E-state index in [1.807, 2.05) is 0 Å². The van der Waals surface area contributed by atoms with Crippen molar-refractivity contribution in [2.24, 2.45) is 23.1 Å². The van der Waals surface area contributed by atoms with E-state index in [-0.39, 0.29) is 48.9 Å². The third-order valence-electron chi connectivity index (χ3n) is 12.3. The van der Waals surface area contributed by atoms with E-state index in [0.717, 1.165) is 21.6 Å². The Morgan fingerprint density at radius 3 is 1.78 bits per heavy atom. The van der Waals surface area contributed by atoms with Crippen molar-refractivity contribution < 1.29 is 72.9 Å². The van der Waals surface area contributed by atoms with Gasteiger partial charge in [0.1, 0.15) is 54.1 Å². The fourth-order valence-electron chi connectivity index (χ4n) is 8.00. The number of rotatable bonds is 19. The van der Waals surface area contributed by atoms with E-state index in [1.54, 1.807) is 74.5 Å². The van der Waals surface area contributed by atoms with E-state index in [9.17, 15) is 72.9 Å². The van der Waals surface area contributed by atoms with E-state index in [4.69, 9.17) is 17.2 Å². The second-order valence-electron chi connectivity index (χ2n) is 19.5. The third kappa shape index (κ3) is 23.1. The van der Waals surface area contributed by atoms with Gasteiger partial charge >= 0.3 is 5.97 Å². The van der Waals surface area contributed by atoms with E-state index in [0.29, 0.717) is 16.7 Å². The standard InChI is InChI=1S/C53H70N12O15S2/c1-28(2)19-35-47(73)65-41(52(78)63-38(53(79)80)22-31-13-15-32(67)16-14-31)27-82-81-26-40(64-45(71)33(54)20-29-9-5-3-6-10-29)51(77)62-37(23-43(56)69)49(75)59-34(17-18-42(55)68)46(72)57-24-44(70)58-39(25-66)50(76)61-36(48(74)60-35)21-30-11-7-4-8-12-30/h3-16,28,33-41,66-67H,17-27,54H2,1-2H3,(H2,55,68)(H2,56,69)(H,57,72)(H,58,70)(H,59,75)(H,60,74)(H,61,76)(H,62,77)(H,63,78)(H,64,71)(H,65,73)(H,79,80)/t33-,34-,35-,36-,37-,38-,39-,40-,41-/m0/s1. The molecule has 9 atom stereocenters. The highest BCUT2D eigenvalue weighted by molar-refractivity contribution is 8.76. The number of nitrogens with two attached hydrogens (primary N) is 3. The molecule has 0 bridgehead atoms. The van der Waals surface area contributed by atoms with Crippen molar-refractivity contribution in [2.75, 3.05) is 24.7 Å². The zero-order chi connectivity index (χ0) is 60.5. The van der Waals surface area contributed by atoms with Crippen LogP contribution in [0.1, 0.15) is 56.2 Å². The number of amides is 11. The summed E-state index contributed by atoms with van der Waals surface area (Å²) in [6.45, 7) is 1.54. The van der Waals surface area contributed by atoms with Crippen LogP contribution in [0, 0.1) is 5.92 Å². The molecule has 1 aliphatic rings. The molecule has 0 aromatic heterocycles. The first-order chi connectivity index (χ1) is 38.9. The molecule has 3 aromatic rings. The van der Waals surface area contributed by atoms with Crippen molar-refractivity contribution in [2.45, 2.75) is 113 Å². The van der Waals surface area contributed by atoms with Crippen molar-refractivity contribution in [1.82, 2.24) is 47.9 Å². The molecule has 444 valence electrons. The van der Waals surface area contributed by atoms with Crippen LogP contribution >= 0.6 is 21.6 Å².